The molecule has 6 rings (SSSR count). The van der Waals surface area contributed by atoms with Crippen LogP contribution in [-0.2, 0) is 21.6 Å². The zero-order valence-corrected chi connectivity index (χ0v) is 24.5. The summed E-state index contributed by atoms with van der Waals surface area (Å²) in [6, 6.07) is 14.5. The van der Waals surface area contributed by atoms with E-state index < -0.39 is 29.3 Å². The molecule has 1 saturated heterocycles. The predicted octanol–water partition coefficient (Wildman–Crippen LogP) is 5.54. The van der Waals surface area contributed by atoms with Crippen molar-refractivity contribution in [1.29, 1.82) is 5.26 Å². The molecule has 3 aliphatic rings. The monoisotopic (exact) mass is 602 g/mol. The molecule has 1 saturated carbocycles. The number of aromatic nitrogens is 1. The van der Waals surface area contributed by atoms with Gasteiger partial charge >= 0.3 is 6.03 Å². The van der Waals surface area contributed by atoms with Crippen LogP contribution >= 0.6 is 11.6 Å². The van der Waals surface area contributed by atoms with Crippen molar-refractivity contribution in [2.24, 2.45) is 5.92 Å². The van der Waals surface area contributed by atoms with Crippen LogP contribution in [0.4, 0.5) is 20.7 Å². The standard InChI is InChI=1S/C32H32ClFN6O3/c1-43-23-14-28(40(18-23)31(42)39-29-10-8-22(33)16-36-29)30(41)38-27-13-21(7-9-26(27)34)32(12-11-19-5-6-19)25-4-2-3-20(15-35)24(25)17-37-32/h2-4,7-10,13,16,19,23,28,37H,5-6,11-12,14,17-18H2,1H3,(H,38,41)(H,36,39,42)/t23-,28-,32?/m1/s1. The summed E-state index contributed by atoms with van der Waals surface area (Å²) in [5.41, 5.74) is 2.79. The normalized spacial score (nSPS) is 22.6. The second-order valence-corrected chi connectivity index (χ2v) is 11.9. The van der Waals surface area contributed by atoms with Gasteiger partial charge in [-0.3, -0.25) is 15.4 Å². The number of ether oxygens (including phenoxy) is 1. The molecule has 3 aromatic rings. The average molecular weight is 603 g/mol. The summed E-state index contributed by atoms with van der Waals surface area (Å²) < 4.78 is 20.7. The van der Waals surface area contributed by atoms with Gasteiger partial charge in [0.2, 0.25) is 5.91 Å². The molecule has 1 aromatic heterocycles. The largest absolute Gasteiger partial charge is 0.380 e. The van der Waals surface area contributed by atoms with Crippen molar-refractivity contribution in [1.82, 2.24) is 15.2 Å². The Morgan fingerprint density at radius 2 is 2.07 bits per heavy atom. The first-order chi connectivity index (χ1) is 20.8. The van der Waals surface area contributed by atoms with Gasteiger partial charge in [0.25, 0.3) is 0 Å². The van der Waals surface area contributed by atoms with E-state index in [-0.39, 0.29) is 30.6 Å². The van der Waals surface area contributed by atoms with Gasteiger partial charge < -0.3 is 15.0 Å². The molecule has 0 radical (unpaired) electrons. The summed E-state index contributed by atoms with van der Waals surface area (Å²) in [6.45, 7) is 0.707. The Kier molecular flexibility index (Phi) is 8.05. The van der Waals surface area contributed by atoms with Crippen molar-refractivity contribution < 1.29 is 18.7 Å². The van der Waals surface area contributed by atoms with Crippen molar-refractivity contribution in [3.63, 3.8) is 0 Å². The highest BCUT2D eigenvalue weighted by molar-refractivity contribution is 6.30. The topological polar surface area (TPSA) is 119 Å². The second-order valence-electron chi connectivity index (χ2n) is 11.4. The summed E-state index contributed by atoms with van der Waals surface area (Å²) in [5.74, 6) is -0.152. The number of hydrogen-bond acceptors (Lipinski definition) is 6. The van der Waals surface area contributed by atoms with Crippen LogP contribution in [0.25, 0.3) is 0 Å². The fourth-order valence-corrected chi connectivity index (χ4v) is 6.36. The number of rotatable bonds is 8. The number of nitriles is 1. The molecule has 1 unspecified atom stereocenters. The number of benzene rings is 2. The van der Waals surface area contributed by atoms with E-state index >= 15 is 4.39 Å². The Balaban J connectivity index is 1.27. The number of anilines is 2. The zero-order chi connectivity index (χ0) is 30.1. The fourth-order valence-electron chi connectivity index (χ4n) is 6.24. The van der Waals surface area contributed by atoms with Crippen molar-refractivity contribution in [3.05, 3.63) is 87.8 Å². The molecule has 3 atom stereocenters. The van der Waals surface area contributed by atoms with Gasteiger partial charge in [-0.2, -0.15) is 5.26 Å². The van der Waals surface area contributed by atoms with Crippen LogP contribution in [0.5, 0.6) is 0 Å². The number of halogens is 2. The van der Waals surface area contributed by atoms with Crippen LogP contribution < -0.4 is 16.0 Å². The first kappa shape index (κ1) is 29.1. The maximum absolute atomic E-state index is 15.3. The number of nitrogens with zero attached hydrogens (tertiary/aromatic N) is 3. The molecular weight excluding hydrogens is 571 g/mol. The van der Waals surface area contributed by atoms with Gasteiger partial charge in [0.05, 0.1) is 34.0 Å². The number of amides is 3. The Bertz CT molecular complexity index is 1590. The van der Waals surface area contributed by atoms with E-state index in [0.29, 0.717) is 23.0 Å². The van der Waals surface area contributed by atoms with E-state index in [9.17, 15) is 14.9 Å². The second kappa shape index (κ2) is 11.9. The summed E-state index contributed by atoms with van der Waals surface area (Å²) >= 11 is 5.90. The number of pyridine rings is 1. The minimum Gasteiger partial charge on any atom is -0.380 e. The van der Waals surface area contributed by atoms with Gasteiger partial charge in [0, 0.05) is 32.8 Å². The third-order valence-corrected chi connectivity index (χ3v) is 9.01. The quantitative estimate of drug-likeness (QED) is 0.311. The molecular formula is C32H32ClFN6O3. The molecule has 3 amide bonds. The number of fused-ring (bicyclic) bond motifs is 1. The molecule has 3 N–H and O–H groups in total. The number of urea groups is 1. The van der Waals surface area contributed by atoms with Crippen LogP contribution in [0.15, 0.2) is 54.7 Å². The molecule has 9 nitrogen and oxygen atoms in total. The lowest BCUT2D eigenvalue weighted by Gasteiger charge is -2.33. The molecule has 222 valence electrons. The third-order valence-electron chi connectivity index (χ3n) is 8.79. The lowest BCUT2D eigenvalue weighted by atomic mass is 9.78. The highest BCUT2D eigenvalue weighted by Crippen LogP contribution is 2.46. The van der Waals surface area contributed by atoms with E-state index in [1.54, 1.807) is 24.3 Å². The van der Waals surface area contributed by atoms with E-state index in [4.69, 9.17) is 16.3 Å². The summed E-state index contributed by atoms with van der Waals surface area (Å²) in [7, 11) is 1.52. The molecule has 2 aromatic carbocycles. The van der Waals surface area contributed by atoms with Crippen molar-refractivity contribution in [3.8, 4) is 6.07 Å². The lowest BCUT2D eigenvalue weighted by molar-refractivity contribution is -0.119. The Hall–Kier alpha value is -4.04. The van der Waals surface area contributed by atoms with E-state index in [0.717, 1.165) is 29.5 Å². The van der Waals surface area contributed by atoms with Crippen LogP contribution in [0.2, 0.25) is 5.02 Å². The van der Waals surface area contributed by atoms with Gasteiger partial charge in [-0.1, -0.05) is 42.6 Å². The third kappa shape index (κ3) is 5.80. The zero-order valence-electron chi connectivity index (χ0n) is 23.7. The molecule has 11 heteroatoms. The summed E-state index contributed by atoms with van der Waals surface area (Å²) in [5, 5.41) is 19.2. The van der Waals surface area contributed by atoms with Crippen LogP contribution in [0.1, 0.15) is 54.4 Å². The van der Waals surface area contributed by atoms with E-state index in [1.807, 2.05) is 18.2 Å². The number of likely N-dealkylation sites (tertiary alicyclic amines) is 1. The highest BCUT2D eigenvalue weighted by atomic mass is 35.5. The van der Waals surface area contributed by atoms with Crippen LogP contribution in [0.3, 0.4) is 0 Å². The summed E-state index contributed by atoms with van der Waals surface area (Å²) in [4.78, 5) is 32.3. The lowest BCUT2D eigenvalue weighted by Crippen LogP contribution is -2.45. The van der Waals surface area contributed by atoms with Gasteiger partial charge in [0.1, 0.15) is 17.7 Å². The molecule has 43 heavy (non-hydrogen) atoms. The Morgan fingerprint density at radius 3 is 2.79 bits per heavy atom. The minimum absolute atomic E-state index is 0.0283. The molecule has 3 heterocycles. The summed E-state index contributed by atoms with van der Waals surface area (Å²) in [6.07, 6.45) is 5.48. The molecule has 1 aliphatic carbocycles. The Labute approximate surface area is 254 Å². The predicted molar refractivity (Wildman–Crippen MR) is 160 cm³/mol. The Morgan fingerprint density at radius 1 is 1.23 bits per heavy atom. The number of methoxy groups -OCH3 is 1. The van der Waals surface area contributed by atoms with Gasteiger partial charge in [0.15, 0.2) is 0 Å². The van der Waals surface area contributed by atoms with Crippen molar-refractivity contribution >= 4 is 35.0 Å². The molecule has 0 spiro atoms. The molecule has 2 fully saturated rings. The van der Waals surface area contributed by atoms with Crippen LogP contribution in [-0.4, -0.2) is 47.6 Å². The van der Waals surface area contributed by atoms with Gasteiger partial charge in [-0.25, -0.2) is 14.2 Å². The maximum atomic E-state index is 15.3. The van der Waals surface area contributed by atoms with Gasteiger partial charge in [-0.05, 0) is 65.8 Å². The molecule has 0 bridgehead atoms. The molecule has 2 aliphatic heterocycles. The average Bonchev–Trinajstić information content (AvgIpc) is 3.61. The van der Waals surface area contributed by atoms with Gasteiger partial charge in [-0.15, -0.1) is 0 Å². The van der Waals surface area contributed by atoms with Crippen LogP contribution in [0, 0.1) is 23.1 Å². The number of hydrogen-bond donors (Lipinski definition) is 3. The first-order valence-electron chi connectivity index (χ1n) is 14.4. The SMILES string of the molecule is CO[C@@H]1C[C@H](C(=O)Nc2cc(C3(CCC4CC4)NCc4c(C#N)cccc43)ccc2F)N(C(=O)Nc2ccc(Cl)cn2)C1. The van der Waals surface area contributed by atoms with Crippen molar-refractivity contribution in [2.45, 2.75) is 56.3 Å². The minimum atomic E-state index is -0.896. The van der Waals surface area contributed by atoms with E-state index in [2.05, 4.69) is 27.0 Å². The fraction of sp³-hybridized carbons (Fsp3) is 0.375. The first-order valence-corrected chi connectivity index (χ1v) is 14.8. The highest BCUT2D eigenvalue weighted by Gasteiger charge is 2.43. The number of nitrogens with one attached hydrogen (secondary N) is 3. The van der Waals surface area contributed by atoms with E-state index in [1.165, 1.54) is 37.1 Å². The number of carbonyl (C=O) groups excluding carboxylic acids is 2. The maximum Gasteiger partial charge on any atom is 0.323 e. The number of carbonyl (C=O) groups is 2. The smallest absolute Gasteiger partial charge is 0.323 e. The van der Waals surface area contributed by atoms with Crippen molar-refractivity contribution in [2.75, 3.05) is 24.3 Å².